The molecule has 6 N–H and O–H groups in total. The molecule has 42 heavy (non-hydrogen) atoms. The second-order valence-electron chi connectivity index (χ2n) is 10.8. The Kier molecular flexibility index (Phi) is 4.53. The molecule has 2 aliphatic heterocycles. The van der Waals surface area contributed by atoms with Gasteiger partial charge < -0.3 is 21.4 Å². The summed E-state index contributed by atoms with van der Waals surface area (Å²) in [6.07, 6.45) is 0. The van der Waals surface area contributed by atoms with Gasteiger partial charge >= 0.3 is 0 Å². The van der Waals surface area contributed by atoms with Crippen LogP contribution < -0.4 is 11.5 Å². The molecule has 9 rings (SSSR count). The van der Waals surface area contributed by atoms with Crippen LogP contribution in [0, 0.1) is 0 Å². The predicted octanol–water partition coefficient (Wildman–Crippen LogP) is 8.45. The molecule has 0 radical (unpaired) electrons. The molecular formula is C36H24N6. The van der Waals surface area contributed by atoms with Gasteiger partial charge in [0, 0.05) is 54.8 Å². The standard InChI is InChI=1S/C36H24N6/c37-31-33-23-13-5-1-9-19(23)27(39-33)17-28-20-10-2-6-14-24(20)35(40-28)32(38)36-26-16-8-4-12-22(26)30(42-36)18-29-21-11-3-7-15-25(21)34(31)41-29/h1-18,39,42H,37-38H2. The second-order valence-corrected chi connectivity index (χ2v) is 10.8. The van der Waals surface area contributed by atoms with Crippen molar-refractivity contribution in [2.45, 2.75) is 0 Å². The number of H-pyrrole nitrogens is 2. The van der Waals surface area contributed by atoms with Crippen LogP contribution in [0.5, 0.6) is 0 Å². The molecule has 7 aromatic rings. The highest BCUT2D eigenvalue weighted by molar-refractivity contribution is 6.15. The normalized spacial score (nSPS) is 12.0. The van der Waals surface area contributed by atoms with Gasteiger partial charge in [0.15, 0.2) is 0 Å². The van der Waals surface area contributed by atoms with Crippen molar-refractivity contribution in [1.82, 2.24) is 19.9 Å². The summed E-state index contributed by atoms with van der Waals surface area (Å²) in [6, 6.07) is 37.2. The lowest BCUT2D eigenvalue weighted by Gasteiger charge is -2.01. The molecule has 0 spiro atoms. The zero-order valence-electron chi connectivity index (χ0n) is 22.4. The first-order valence-electron chi connectivity index (χ1n) is 13.9. The molecule has 3 aromatic heterocycles. The van der Waals surface area contributed by atoms with Crippen molar-refractivity contribution < 1.29 is 0 Å². The Morgan fingerprint density at radius 2 is 0.786 bits per heavy atom. The molecular weight excluding hydrogens is 516 g/mol. The highest BCUT2D eigenvalue weighted by Crippen LogP contribution is 2.44. The summed E-state index contributed by atoms with van der Waals surface area (Å²) in [5.74, 6) is 0. The molecule has 4 aromatic carbocycles. The number of aromatic nitrogens is 4. The Hall–Kier alpha value is -5.88. The van der Waals surface area contributed by atoms with E-state index in [-0.39, 0.29) is 0 Å². The average molecular weight is 541 g/mol. The van der Waals surface area contributed by atoms with Gasteiger partial charge in [-0.15, -0.1) is 0 Å². The Morgan fingerprint density at radius 1 is 0.429 bits per heavy atom. The highest BCUT2D eigenvalue weighted by atomic mass is 14.8. The third kappa shape index (κ3) is 3.09. The lowest BCUT2D eigenvalue weighted by molar-refractivity contribution is 1.40. The molecule has 8 bridgehead atoms. The molecule has 0 unspecified atom stereocenters. The Labute approximate surface area is 240 Å². The Bertz CT molecular complexity index is 2270. The van der Waals surface area contributed by atoms with E-state index in [1.165, 1.54) is 0 Å². The Balaban J connectivity index is 1.56. The minimum atomic E-state index is 0.601. The quantitative estimate of drug-likeness (QED) is 0.155. The lowest BCUT2D eigenvalue weighted by Crippen LogP contribution is -1.90. The predicted molar refractivity (Wildman–Crippen MR) is 174 cm³/mol. The van der Waals surface area contributed by atoms with Gasteiger partial charge in [-0.25, -0.2) is 9.97 Å². The van der Waals surface area contributed by atoms with E-state index in [0.29, 0.717) is 11.4 Å². The van der Waals surface area contributed by atoms with E-state index in [1.54, 1.807) is 0 Å². The zero-order chi connectivity index (χ0) is 27.9. The van der Waals surface area contributed by atoms with E-state index >= 15 is 0 Å². The van der Waals surface area contributed by atoms with Crippen LogP contribution in [-0.4, -0.2) is 19.9 Å². The fourth-order valence-corrected chi connectivity index (χ4v) is 6.51. The number of aromatic amines is 2. The number of hydrogen-bond acceptors (Lipinski definition) is 4. The van der Waals surface area contributed by atoms with Crippen molar-refractivity contribution in [3.63, 3.8) is 0 Å². The number of nitrogens with zero attached hydrogens (tertiary/aromatic N) is 2. The number of fused-ring (bicyclic) bond motifs is 20. The first-order chi connectivity index (χ1) is 20.7. The van der Waals surface area contributed by atoms with Gasteiger partial charge in [0.25, 0.3) is 0 Å². The topological polar surface area (TPSA) is 109 Å². The summed E-state index contributed by atoms with van der Waals surface area (Å²) in [7, 11) is 0. The lowest BCUT2D eigenvalue weighted by atomic mass is 10.0. The van der Waals surface area contributed by atoms with Crippen LogP contribution in [0.15, 0.2) is 109 Å². The van der Waals surface area contributed by atoms with Crippen LogP contribution in [0.4, 0.5) is 11.4 Å². The van der Waals surface area contributed by atoms with E-state index in [2.05, 4.69) is 70.6 Å². The van der Waals surface area contributed by atoms with Gasteiger partial charge in [0.1, 0.15) is 0 Å². The van der Waals surface area contributed by atoms with Crippen molar-refractivity contribution in [1.29, 1.82) is 0 Å². The summed E-state index contributed by atoms with van der Waals surface area (Å²) in [6.45, 7) is 0. The molecule has 6 nitrogen and oxygen atoms in total. The van der Waals surface area contributed by atoms with E-state index < -0.39 is 0 Å². The highest BCUT2D eigenvalue weighted by Gasteiger charge is 2.22. The van der Waals surface area contributed by atoms with Gasteiger partial charge in [-0.1, -0.05) is 97.1 Å². The maximum Gasteiger partial charge on any atom is 0.0967 e. The Morgan fingerprint density at radius 3 is 1.21 bits per heavy atom. The minimum absolute atomic E-state index is 0.601. The summed E-state index contributed by atoms with van der Waals surface area (Å²) in [5, 5.41) is 4.19. The van der Waals surface area contributed by atoms with Crippen molar-refractivity contribution in [2.75, 3.05) is 11.5 Å². The van der Waals surface area contributed by atoms with Gasteiger partial charge in [0.2, 0.25) is 0 Å². The van der Waals surface area contributed by atoms with Crippen LogP contribution in [0.1, 0.15) is 0 Å². The number of nitrogens with two attached hydrogens (primary N) is 2. The first kappa shape index (κ1) is 22.9. The molecule has 0 saturated heterocycles. The molecule has 0 atom stereocenters. The molecule has 0 aliphatic carbocycles. The van der Waals surface area contributed by atoms with E-state index in [0.717, 1.165) is 88.6 Å². The van der Waals surface area contributed by atoms with E-state index in [9.17, 15) is 0 Å². The van der Waals surface area contributed by atoms with Crippen LogP contribution in [0.3, 0.4) is 0 Å². The van der Waals surface area contributed by atoms with Crippen LogP contribution in [0.25, 0.3) is 88.6 Å². The summed E-state index contributed by atoms with van der Waals surface area (Å²) in [5.41, 5.74) is 26.0. The maximum atomic E-state index is 7.01. The van der Waals surface area contributed by atoms with Crippen molar-refractivity contribution in [3.05, 3.63) is 109 Å². The fraction of sp³-hybridized carbons (Fsp3) is 0. The van der Waals surface area contributed by atoms with Crippen LogP contribution in [0.2, 0.25) is 0 Å². The molecule has 198 valence electrons. The number of benzene rings is 4. The number of anilines is 2. The molecule has 6 heteroatoms. The van der Waals surface area contributed by atoms with Gasteiger partial charge in [-0.2, -0.15) is 0 Å². The second kappa shape index (κ2) is 8.32. The number of rotatable bonds is 0. The molecule has 5 heterocycles. The molecule has 2 aliphatic rings. The van der Waals surface area contributed by atoms with Gasteiger partial charge in [-0.05, 0) is 12.1 Å². The summed E-state index contributed by atoms with van der Waals surface area (Å²) in [4.78, 5) is 17.5. The smallest absolute Gasteiger partial charge is 0.0967 e. The SMILES string of the molecule is Nc1c2nc(cc3[nH]c(c(N)c4nc(cc5[nH]c1c1ccccc51)-c1ccccc1-4)c1ccccc31)-c1ccccc1-2. The minimum Gasteiger partial charge on any atom is -0.395 e. The first-order valence-corrected chi connectivity index (χ1v) is 13.9. The largest absolute Gasteiger partial charge is 0.395 e. The third-order valence-corrected chi connectivity index (χ3v) is 8.48. The summed E-state index contributed by atoms with van der Waals surface area (Å²) >= 11 is 0. The molecule has 0 fully saturated rings. The van der Waals surface area contributed by atoms with Crippen molar-refractivity contribution in [3.8, 4) is 45.0 Å². The van der Waals surface area contributed by atoms with Crippen molar-refractivity contribution >= 4 is 55.0 Å². The van der Waals surface area contributed by atoms with Crippen molar-refractivity contribution in [2.24, 2.45) is 0 Å². The van der Waals surface area contributed by atoms with E-state index in [1.807, 2.05) is 48.5 Å². The molecule has 0 amide bonds. The number of nitrogen functional groups attached to an aromatic ring is 2. The number of nitrogens with one attached hydrogen (secondary N) is 2. The fourth-order valence-electron chi connectivity index (χ4n) is 6.51. The maximum absolute atomic E-state index is 7.01. The van der Waals surface area contributed by atoms with E-state index in [4.69, 9.17) is 21.4 Å². The average Bonchev–Trinajstić information content (AvgIpc) is 3.79. The monoisotopic (exact) mass is 540 g/mol. The number of hydrogen-bond donors (Lipinski definition) is 4. The summed E-state index contributed by atoms with van der Waals surface area (Å²) < 4.78 is 0. The van der Waals surface area contributed by atoms with Gasteiger partial charge in [-0.3, -0.25) is 0 Å². The third-order valence-electron chi connectivity index (χ3n) is 8.48. The molecule has 0 saturated carbocycles. The van der Waals surface area contributed by atoms with Crippen LogP contribution in [-0.2, 0) is 0 Å². The zero-order valence-corrected chi connectivity index (χ0v) is 22.4. The van der Waals surface area contributed by atoms with Crippen LogP contribution >= 0.6 is 0 Å². The van der Waals surface area contributed by atoms with Gasteiger partial charge in [0.05, 0.1) is 45.2 Å².